The van der Waals surface area contributed by atoms with Crippen molar-refractivity contribution in [3.8, 4) is 0 Å². The highest BCUT2D eigenvalue weighted by atomic mass is 35.5. The predicted molar refractivity (Wildman–Crippen MR) is 62.6 cm³/mol. The Kier molecular flexibility index (Phi) is 7.08. The number of alkyl halides is 1. The Morgan fingerprint density at radius 2 is 1.94 bits per heavy atom. The molecule has 0 aliphatic carbocycles. The molecule has 0 bridgehead atoms. The first-order valence-electron chi connectivity index (χ1n) is 5.16. The van der Waals surface area contributed by atoms with Crippen molar-refractivity contribution < 1.29 is 14.3 Å². The maximum absolute atomic E-state index is 11.4. The van der Waals surface area contributed by atoms with Gasteiger partial charge >= 0.3 is 6.03 Å². The topological polar surface area (TPSA) is 58.6 Å². The molecule has 5 nitrogen and oxygen atoms in total. The van der Waals surface area contributed by atoms with Crippen LogP contribution in [0.15, 0.2) is 0 Å². The number of likely N-dealkylation sites (N-methyl/N-ethyl adjacent to an activating group) is 1. The lowest BCUT2D eigenvalue weighted by atomic mass is 10.4. The Labute approximate surface area is 101 Å². The van der Waals surface area contributed by atoms with Crippen molar-refractivity contribution in [2.24, 2.45) is 0 Å². The van der Waals surface area contributed by atoms with E-state index in [0.29, 0.717) is 13.2 Å². The molecule has 0 rings (SSSR count). The number of nitrogens with one attached hydrogen (secondary N) is 1. The van der Waals surface area contributed by atoms with Crippen molar-refractivity contribution in [2.45, 2.75) is 32.3 Å². The zero-order valence-electron chi connectivity index (χ0n) is 10.1. The van der Waals surface area contributed by atoms with Crippen molar-refractivity contribution in [3.05, 3.63) is 0 Å². The van der Waals surface area contributed by atoms with Gasteiger partial charge in [0.1, 0.15) is 5.38 Å². The van der Waals surface area contributed by atoms with Crippen molar-refractivity contribution in [3.63, 3.8) is 0 Å². The molecule has 0 heterocycles. The van der Waals surface area contributed by atoms with Gasteiger partial charge in [0, 0.05) is 13.6 Å². The Bertz CT molecular complexity index is 244. The Hall–Kier alpha value is -0.810. The molecule has 1 unspecified atom stereocenters. The molecule has 0 spiro atoms. The average Bonchev–Trinajstić information content (AvgIpc) is 2.16. The van der Waals surface area contributed by atoms with Crippen LogP contribution in [0.25, 0.3) is 0 Å². The van der Waals surface area contributed by atoms with Crippen LogP contribution in [0.3, 0.4) is 0 Å². The van der Waals surface area contributed by atoms with Gasteiger partial charge in [-0.1, -0.05) is 0 Å². The van der Waals surface area contributed by atoms with Crippen molar-refractivity contribution in [1.29, 1.82) is 0 Å². The summed E-state index contributed by atoms with van der Waals surface area (Å²) in [5, 5.41) is 1.46. The van der Waals surface area contributed by atoms with Gasteiger partial charge < -0.3 is 9.64 Å². The molecular weight excluding hydrogens is 232 g/mol. The first kappa shape index (κ1) is 15.2. The zero-order chi connectivity index (χ0) is 12.7. The summed E-state index contributed by atoms with van der Waals surface area (Å²) < 4.78 is 5.28. The largest absolute Gasteiger partial charge is 0.377 e. The fraction of sp³-hybridized carbons (Fsp3) is 0.800. The van der Waals surface area contributed by atoms with E-state index in [4.69, 9.17) is 16.3 Å². The quantitative estimate of drug-likeness (QED) is 0.746. The summed E-state index contributed by atoms with van der Waals surface area (Å²) in [7, 11) is 1.59. The van der Waals surface area contributed by atoms with Crippen LogP contribution in [0.1, 0.15) is 20.8 Å². The molecular formula is C10H19ClN2O3. The molecule has 0 aromatic heterocycles. The third-order valence-electron chi connectivity index (χ3n) is 1.82. The molecule has 0 aliphatic heterocycles. The number of carbonyl (C=O) groups is 2. The van der Waals surface area contributed by atoms with Crippen LogP contribution in [0.5, 0.6) is 0 Å². The molecule has 0 radical (unpaired) electrons. The lowest BCUT2D eigenvalue weighted by Crippen LogP contribution is -2.44. The van der Waals surface area contributed by atoms with Crippen LogP contribution in [0, 0.1) is 0 Å². The number of hydrogen-bond acceptors (Lipinski definition) is 3. The van der Waals surface area contributed by atoms with E-state index in [1.165, 1.54) is 11.8 Å². The number of nitrogens with zero attached hydrogens (tertiary/aromatic N) is 1. The number of amides is 3. The number of carbonyl (C=O) groups excluding carboxylic acids is 2. The molecule has 0 saturated heterocycles. The van der Waals surface area contributed by atoms with Gasteiger partial charge in [0.15, 0.2) is 0 Å². The van der Waals surface area contributed by atoms with E-state index in [9.17, 15) is 9.59 Å². The number of hydrogen-bond donors (Lipinski definition) is 1. The highest BCUT2D eigenvalue weighted by molar-refractivity contribution is 6.31. The molecule has 0 saturated carbocycles. The normalized spacial score (nSPS) is 12.4. The van der Waals surface area contributed by atoms with Gasteiger partial charge in [0.25, 0.3) is 0 Å². The first-order chi connectivity index (χ1) is 7.34. The second-order valence-electron chi connectivity index (χ2n) is 3.75. The van der Waals surface area contributed by atoms with Gasteiger partial charge in [-0.05, 0) is 20.8 Å². The molecule has 0 aromatic rings. The summed E-state index contributed by atoms with van der Waals surface area (Å²) in [6.07, 6.45) is 0.126. The number of ether oxygens (including phenoxy) is 1. The summed E-state index contributed by atoms with van der Waals surface area (Å²) >= 11 is 5.52. The van der Waals surface area contributed by atoms with Crippen LogP contribution in [-0.2, 0) is 9.53 Å². The molecule has 3 amide bonds. The number of halogens is 1. The average molecular weight is 251 g/mol. The standard InChI is InChI=1S/C10H19ClN2O3/c1-7(2)16-6-5-13(4)10(15)12-9(14)8(3)11/h7-8H,5-6H2,1-4H3,(H,12,14,15). The van der Waals surface area contributed by atoms with Crippen molar-refractivity contribution >= 4 is 23.5 Å². The third-order valence-corrected chi connectivity index (χ3v) is 2.01. The van der Waals surface area contributed by atoms with Gasteiger partial charge in [0.2, 0.25) is 5.91 Å². The minimum atomic E-state index is -0.718. The van der Waals surface area contributed by atoms with E-state index in [0.717, 1.165) is 0 Å². The maximum atomic E-state index is 11.4. The smallest absolute Gasteiger partial charge is 0.323 e. The minimum Gasteiger partial charge on any atom is -0.377 e. The summed E-state index contributed by atoms with van der Waals surface area (Å²) in [6.45, 7) is 6.20. The second kappa shape index (κ2) is 7.46. The summed E-state index contributed by atoms with van der Waals surface area (Å²) in [4.78, 5) is 23.9. The highest BCUT2D eigenvalue weighted by Gasteiger charge is 2.15. The minimum absolute atomic E-state index is 0.126. The Morgan fingerprint density at radius 1 is 1.38 bits per heavy atom. The molecule has 94 valence electrons. The number of urea groups is 1. The molecule has 1 N–H and O–H groups in total. The van der Waals surface area contributed by atoms with Crippen molar-refractivity contribution in [1.82, 2.24) is 10.2 Å². The predicted octanol–water partition coefficient (Wildman–Crippen LogP) is 1.21. The van der Waals surface area contributed by atoms with Crippen LogP contribution in [0.4, 0.5) is 4.79 Å². The molecule has 0 aromatic carbocycles. The van der Waals surface area contributed by atoms with Crippen LogP contribution in [-0.4, -0.2) is 48.5 Å². The molecule has 0 fully saturated rings. The van der Waals surface area contributed by atoms with E-state index >= 15 is 0 Å². The van der Waals surface area contributed by atoms with Gasteiger partial charge in [-0.15, -0.1) is 11.6 Å². The van der Waals surface area contributed by atoms with Crippen LogP contribution in [0.2, 0.25) is 0 Å². The van der Waals surface area contributed by atoms with Gasteiger partial charge in [-0.2, -0.15) is 0 Å². The summed E-state index contributed by atoms with van der Waals surface area (Å²) in [5.41, 5.74) is 0. The molecule has 16 heavy (non-hydrogen) atoms. The Balaban J connectivity index is 3.86. The summed E-state index contributed by atoms with van der Waals surface area (Å²) in [6, 6.07) is -0.468. The lowest BCUT2D eigenvalue weighted by Gasteiger charge is -2.18. The van der Waals surface area contributed by atoms with E-state index in [2.05, 4.69) is 5.32 Å². The fourth-order valence-electron chi connectivity index (χ4n) is 0.827. The van der Waals surface area contributed by atoms with E-state index in [1.807, 2.05) is 13.8 Å². The number of imide groups is 1. The van der Waals surface area contributed by atoms with Gasteiger partial charge in [0.05, 0.1) is 12.7 Å². The molecule has 6 heteroatoms. The SMILES string of the molecule is CC(C)OCCN(C)C(=O)NC(=O)C(C)Cl. The molecule has 1 atom stereocenters. The fourth-order valence-corrected chi connectivity index (χ4v) is 0.882. The van der Waals surface area contributed by atoms with E-state index in [1.54, 1.807) is 7.05 Å². The third kappa shape index (κ3) is 6.63. The number of rotatable bonds is 5. The summed E-state index contributed by atoms with van der Waals surface area (Å²) in [5.74, 6) is -0.497. The van der Waals surface area contributed by atoms with Crippen LogP contribution >= 0.6 is 11.6 Å². The zero-order valence-corrected chi connectivity index (χ0v) is 10.9. The Morgan fingerprint density at radius 3 is 2.38 bits per heavy atom. The van der Waals surface area contributed by atoms with Crippen molar-refractivity contribution in [2.75, 3.05) is 20.2 Å². The second-order valence-corrected chi connectivity index (χ2v) is 4.41. The molecule has 0 aliphatic rings. The monoisotopic (exact) mass is 250 g/mol. The van der Waals surface area contributed by atoms with Gasteiger partial charge in [-0.3, -0.25) is 10.1 Å². The van der Waals surface area contributed by atoms with E-state index < -0.39 is 17.3 Å². The van der Waals surface area contributed by atoms with Crippen LogP contribution < -0.4 is 5.32 Å². The highest BCUT2D eigenvalue weighted by Crippen LogP contribution is 1.94. The lowest BCUT2D eigenvalue weighted by molar-refractivity contribution is -0.119. The first-order valence-corrected chi connectivity index (χ1v) is 5.60. The van der Waals surface area contributed by atoms with Gasteiger partial charge in [-0.25, -0.2) is 4.79 Å². The van der Waals surface area contributed by atoms with E-state index in [-0.39, 0.29) is 6.10 Å². The maximum Gasteiger partial charge on any atom is 0.323 e.